The molecule has 76 valence electrons. The molecular formula is C10H11Cl2NO. The van der Waals surface area contributed by atoms with Gasteiger partial charge >= 0.3 is 0 Å². The standard InChI is InChI=1S/C10H11Cl2NO/c1-14-13-6-2-3-8-4-5-9(11)10(12)7-8/h4-7H,2-3H2,1H3/b13-6+. The third kappa shape index (κ3) is 3.56. The highest BCUT2D eigenvalue weighted by Gasteiger charge is 1.98. The first kappa shape index (κ1) is 11.3. The zero-order valence-electron chi connectivity index (χ0n) is 7.84. The average Bonchev–Trinajstić information content (AvgIpc) is 2.18. The Morgan fingerprint density at radius 2 is 2.14 bits per heavy atom. The van der Waals surface area contributed by atoms with Gasteiger partial charge in [0.15, 0.2) is 0 Å². The quantitative estimate of drug-likeness (QED) is 0.574. The van der Waals surface area contributed by atoms with Gasteiger partial charge in [-0.15, -0.1) is 0 Å². The molecule has 0 heterocycles. The van der Waals surface area contributed by atoms with E-state index >= 15 is 0 Å². The first-order chi connectivity index (χ1) is 6.74. The van der Waals surface area contributed by atoms with Crippen LogP contribution in [0.5, 0.6) is 0 Å². The highest BCUT2D eigenvalue weighted by Crippen LogP contribution is 2.22. The Balaban J connectivity index is 2.51. The minimum absolute atomic E-state index is 0.584. The maximum absolute atomic E-state index is 5.86. The fourth-order valence-electron chi connectivity index (χ4n) is 1.05. The minimum atomic E-state index is 0.584. The molecule has 0 aliphatic heterocycles. The van der Waals surface area contributed by atoms with Gasteiger partial charge in [0.1, 0.15) is 7.11 Å². The normalized spacial score (nSPS) is 10.8. The summed E-state index contributed by atoms with van der Waals surface area (Å²) in [6.07, 6.45) is 3.43. The predicted octanol–water partition coefficient (Wildman–Crippen LogP) is 3.56. The third-order valence-electron chi connectivity index (χ3n) is 1.73. The van der Waals surface area contributed by atoms with E-state index in [9.17, 15) is 0 Å². The SMILES string of the molecule is CO/N=C/CCc1ccc(Cl)c(Cl)c1. The first-order valence-corrected chi connectivity index (χ1v) is 4.98. The van der Waals surface area contributed by atoms with Gasteiger partial charge < -0.3 is 4.84 Å². The number of nitrogens with zero attached hydrogens (tertiary/aromatic N) is 1. The third-order valence-corrected chi connectivity index (χ3v) is 2.47. The molecule has 0 aliphatic rings. The van der Waals surface area contributed by atoms with Gasteiger partial charge in [0, 0.05) is 6.21 Å². The minimum Gasteiger partial charge on any atom is -0.399 e. The molecule has 0 atom stereocenters. The summed E-state index contributed by atoms with van der Waals surface area (Å²) in [5.41, 5.74) is 1.14. The van der Waals surface area contributed by atoms with E-state index in [-0.39, 0.29) is 0 Å². The predicted molar refractivity (Wildman–Crippen MR) is 60.3 cm³/mol. The van der Waals surface area contributed by atoms with E-state index in [0.717, 1.165) is 18.4 Å². The molecule has 1 aromatic rings. The molecule has 0 radical (unpaired) electrons. The van der Waals surface area contributed by atoms with Crippen molar-refractivity contribution in [3.05, 3.63) is 33.8 Å². The summed E-state index contributed by atoms with van der Waals surface area (Å²) in [7, 11) is 1.52. The lowest BCUT2D eigenvalue weighted by Gasteiger charge is -2.00. The molecule has 0 saturated carbocycles. The maximum atomic E-state index is 5.86. The molecule has 1 rings (SSSR count). The van der Waals surface area contributed by atoms with Crippen LogP contribution < -0.4 is 0 Å². The van der Waals surface area contributed by atoms with Crippen molar-refractivity contribution in [3.63, 3.8) is 0 Å². The van der Waals surface area contributed by atoms with Crippen molar-refractivity contribution < 1.29 is 4.84 Å². The Labute approximate surface area is 93.5 Å². The Morgan fingerprint density at radius 1 is 1.36 bits per heavy atom. The number of rotatable bonds is 4. The van der Waals surface area contributed by atoms with E-state index < -0.39 is 0 Å². The van der Waals surface area contributed by atoms with Gasteiger partial charge in [0.25, 0.3) is 0 Å². The van der Waals surface area contributed by atoms with Gasteiger partial charge in [-0.05, 0) is 30.5 Å². The van der Waals surface area contributed by atoms with E-state index in [2.05, 4.69) is 9.99 Å². The maximum Gasteiger partial charge on any atom is 0.106 e. The summed E-state index contributed by atoms with van der Waals surface area (Å²) in [5.74, 6) is 0. The summed E-state index contributed by atoms with van der Waals surface area (Å²) < 4.78 is 0. The highest BCUT2D eigenvalue weighted by atomic mass is 35.5. The van der Waals surface area contributed by atoms with Crippen LogP contribution in [-0.2, 0) is 11.3 Å². The second kappa shape index (κ2) is 5.89. The number of aryl methyl sites for hydroxylation is 1. The zero-order valence-corrected chi connectivity index (χ0v) is 9.35. The number of hydrogen-bond donors (Lipinski definition) is 0. The van der Waals surface area contributed by atoms with Crippen molar-refractivity contribution in [3.8, 4) is 0 Å². The van der Waals surface area contributed by atoms with Crippen molar-refractivity contribution in [1.29, 1.82) is 0 Å². The largest absolute Gasteiger partial charge is 0.399 e. The van der Waals surface area contributed by atoms with E-state index in [0.29, 0.717) is 10.0 Å². The van der Waals surface area contributed by atoms with Crippen LogP contribution in [0.15, 0.2) is 23.4 Å². The Kier molecular flexibility index (Phi) is 4.77. The van der Waals surface area contributed by atoms with Crippen LogP contribution in [0, 0.1) is 0 Å². The van der Waals surface area contributed by atoms with Gasteiger partial charge in [0.2, 0.25) is 0 Å². The molecule has 0 aliphatic carbocycles. The van der Waals surface area contributed by atoms with Gasteiger partial charge in [0.05, 0.1) is 10.0 Å². The molecule has 2 nitrogen and oxygen atoms in total. The number of hydrogen-bond acceptors (Lipinski definition) is 2. The van der Waals surface area contributed by atoms with Crippen molar-refractivity contribution in [1.82, 2.24) is 0 Å². The van der Waals surface area contributed by atoms with E-state index in [1.165, 1.54) is 7.11 Å². The van der Waals surface area contributed by atoms with Crippen molar-refractivity contribution in [2.45, 2.75) is 12.8 Å². The molecule has 0 amide bonds. The van der Waals surface area contributed by atoms with Crippen LogP contribution in [0.2, 0.25) is 10.0 Å². The Hall–Kier alpha value is -0.730. The van der Waals surface area contributed by atoms with E-state index in [4.69, 9.17) is 23.2 Å². The van der Waals surface area contributed by atoms with E-state index in [1.54, 1.807) is 12.3 Å². The summed E-state index contributed by atoms with van der Waals surface area (Å²) in [6, 6.07) is 5.62. The van der Waals surface area contributed by atoms with Crippen LogP contribution in [0.3, 0.4) is 0 Å². The molecule has 0 bridgehead atoms. The lowest BCUT2D eigenvalue weighted by atomic mass is 10.1. The van der Waals surface area contributed by atoms with Crippen molar-refractivity contribution >= 4 is 29.4 Å². The van der Waals surface area contributed by atoms with Crippen molar-refractivity contribution in [2.24, 2.45) is 5.16 Å². The average molecular weight is 232 g/mol. The number of oxime groups is 1. The van der Waals surface area contributed by atoms with Crippen LogP contribution >= 0.6 is 23.2 Å². The second-order valence-electron chi connectivity index (χ2n) is 2.76. The second-order valence-corrected chi connectivity index (χ2v) is 3.57. The monoisotopic (exact) mass is 231 g/mol. The van der Waals surface area contributed by atoms with Gasteiger partial charge in [-0.25, -0.2) is 0 Å². The molecule has 1 aromatic carbocycles. The summed E-state index contributed by atoms with van der Waals surface area (Å²) >= 11 is 11.6. The highest BCUT2D eigenvalue weighted by molar-refractivity contribution is 6.42. The van der Waals surface area contributed by atoms with E-state index in [1.807, 2.05) is 12.1 Å². The fraction of sp³-hybridized carbons (Fsp3) is 0.300. The lowest BCUT2D eigenvalue weighted by molar-refractivity contribution is 0.214. The molecule has 0 fully saturated rings. The smallest absolute Gasteiger partial charge is 0.106 e. The molecular weight excluding hydrogens is 221 g/mol. The van der Waals surface area contributed by atoms with Gasteiger partial charge in [-0.1, -0.05) is 34.4 Å². The lowest BCUT2D eigenvalue weighted by Crippen LogP contribution is -1.86. The summed E-state index contributed by atoms with van der Waals surface area (Å²) in [4.78, 5) is 4.54. The van der Waals surface area contributed by atoms with Crippen molar-refractivity contribution in [2.75, 3.05) is 7.11 Å². The summed E-state index contributed by atoms with van der Waals surface area (Å²) in [6.45, 7) is 0. The zero-order chi connectivity index (χ0) is 10.4. The first-order valence-electron chi connectivity index (χ1n) is 4.23. The van der Waals surface area contributed by atoms with Gasteiger partial charge in [-0.2, -0.15) is 0 Å². The molecule has 0 unspecified atom stereocenters. The van der Waals surface area contributed by atoms with Gasteiger partial charge in [-0.3, -0.25) is 0 Å². The van der Waals surface area contributed by atoms with Crippen LogP contribution in [-0.4, -0.2) is 13.3 Å². The van der Waals surface area contributed by atoms with Crippen LogP contribution in [0.1, 0.15) is 12.0 Å². The molecule has 4 heteroatoms. The molecule has 0 aromatic heterocycles. The fourth-order valence-corrected chi connectivity index (χ4v) is 1.37. The number of halogens is 2. The topological polar surface area (TPSA) is 21.6 Å². The summed E-state index contributed by atoms with van der Waals surface area (Å²) in [5, 5.41) is 4.82. The molecule has 0 spiro atoms. The van der Waals surface area contributed by atoms with Crippen LogP contribution in [0.25, 0.3) is 0 Å². The molecule has 0 saturated heterocycles. The Bertz CT molecular complexity index is 326. The molecule has 0 N–H and O–H groups in total. The Morgan fingerprint density at radius 3 is 2.79 bits per heavy atom. The molecule has 14 heavy (non-hydrogen) atoms. The van der Waals surface area contributed by atoms with Crippen LogP contribution in [0.4, 0.5) is 0 Å². The number of benzene rings is 1.